The summed E-state index contributed by atoms with van der Waals surface area (Å²) >= 11 is 0. The monoisotopic (exact) mass is 299 g/mol. The van der Waals surface area contributed by atoms with Gasteiger partial charge in [-0.1, -0.05) is 0 Å². The summed E-state index contributed by atoms with van der Waals surface area (Å²) in [4.78, 5) is 13.9. The van der Waals surface area contributed by atoms with E-state index >= 15 is 0 Å². The Labute approximate surface area is 127 Å². The fourth-order valence-corrected chi connectivity index (χ4v) is 2.18. The topological polar surface area (TPSA) is 69.1 Å². The molecule has 0 atom stereocenters. The van der Waals surface area contributed by atoms with Crippen molar-refractivity contribution in [2.75, 3.05) is 7.05 Å². The molecule has 3 aromatic rings. The highest BCUT2D eigenvalue weighted by Crippen LogP contribution is 2.12. The molecule has 3 heterocycles. The van der Waals surface area contributed by atoms with Gasteiger partial charge < -0.3 is 9.32 Å². The van der Waals surface area contributed by atoms with Crippen LogP contribution in [-0.4, -0.2) is 37.4 Å². The zero-order valence-corrected chi connectivity index (χ0v) is 12.5. The molecule has 0 aliphatic carbocycles. The Morgan fingerprint density at radius 1 is 1.32 bits per heavy atom. The first kappa shape index (κ1) is 14.1. The van der Waals surface area contributed by atoms with Gasteiger partial charge in [0.1, 0.15) is 5.76 Å². The summed E-state index contributed by atoms with van der Waals surface area (Å²) in [5.41, 5.74) is 0.835. The van der Waals surface area contributed by atoms with Crippen LogP contribution in [0.5, 0.6) is 0 Å². The molecule has 0 saturated carbocycles. The second-order valence-electron chi connectivity index (χ2n) is 5.11. The van der Waals surface area contributed by atoms with Gasteiger partial charge in [0.2, 0.25) is 0 Å². The average molecular weight is 299 g/mol. The van der Waals surface area contributed by atoms with Crippen molar-refractivity contribution in [3.63, 3.8) is 0 Å². The van der Waals surface area contributed by atoms with Gasteiger partial charge in [0, 0.05) is 32.7 Å². The van der Waals surface area contributed by atoms with Crippen LogP contribution in [0.2, 0.25) is 0 Å². The van der Waals surface area contributed by atoms with Gasteiger partial charge in [-0.2, -0.15) is 10.2 Å². The Morgan fingerprint density at radius 3 is 2.86 bits per heavy atom. The Kier molecular flexibility index (Phi) is 3.78. The van der Waals surface area contributed by atoms with E-state index in [2.05, 4.69) is 10.2 Å². The summed E-state index contributed by atoms with van der Waals surface area (Å²) in [7, 11) is 3.58. The third-order valence-electron chi connectivity index (χ3n) is 3.26. The van der Waals surface area contributed by atoms with Crippen molar-refractivity contribution in [3.8, 4) is 0 Å². The van der Waals surface area contributed by atoms with Crippen molar-refractivity contribution < 1.29 is 9.21 Å². The zero-order valence-electron chi connectivity index (χ0n) is 12.5. The summed E-state index contributed by atoms with van der Waals surface area (Å²) in [5.74, 6) is 0.844. The maximum Gasteiger partial charge on any atom is 0.289 e. The zero-order chi connectivity index (χ0) is 15.5. The number of amides is 1. The molecular weight excluding hydrogens is 282 g/mol. The normalized spacial score (nSPS) is 10.8. The molecular formula is C15H17N5O2. The Morgan fingerprint density at radius 2 is 2.18 bits per heavy atom. The summed E-state index contributed by atoms with van der Waals surface area (Å²) in [6.07, 6.45) is 5.40. The molecule has 22 heavy (non-hydrogen) atoms. The van der Waals surface area contributed by atoms with Crippen molar-refractivity contribution in [1.82, 2.24) is 24.5 Å². The van der Waals surface area contributed by atoms with Gasteiger partial charge in [-0.25, -0.2) is 0 Å². The van der Waals surface area contributed by atoms with Crippen LogP contribution in [0.4, 0.5) is 0 Å². The van der Waals surface area contributed by atoms with Crippen molar-refractivity contribution in [1.29, 1.82) is 0 Å². The third kappa shape index (κ3) is 3.08. The highest BCUT2D eigenvalue weighted by molar-refractivity contribution is 5.91. The van der Waals surface area contributed by atoms with Gasteiger partial charge in [-0.3, -0.25) is 14.2 Å². The van der Waals surface area contributed by atoms with Crippen LogP contribution in [0.15, 0.2) is 47.3 Å². The van der Waals surface area contributed by atoms with Crippen LogP contribution in [0.25, 0.3) is 0 Å². The number of nitrogens with zero attached hydrogens (tertiary/aromatic N) is 5. The van der Waals surface area contributed by atoms with E-state index in [0.717, 1.165) is 5.69 Å². The predicted molar refractivity (Wildman–Crippen MR) is 79.0 cm³/mol. The largest absolute Gasteiger partial charge is 0.454 e. The Bertz CT molecular complexity index is 757. The number of furan rings is 1. The van der Waals surface area contributed by atoms with E-state index in [1.807, 2.05) is 31.6 Å². The highest BCUT2D eigenvalue weighted by Gasteiger charge is 2.17. The van der Waals surface area contributed by atoms with E-state index in [1.165, 1.54) is 0 Å². The average Bonchev–Trinajstić information content (AvgIpc) is 3.21. The van der Waals surface area contributed by atoms with Crippen molar-refractivity contribution >= 4 is 5.91 Å². The molecule has 0 bridgehead atoms. The molecule has 0 aliphatic heterocycles. The van der Waals surface area contributed by atoms with Gasteiger partial charge in [-0.15, -0.1) is 0 Å². The third-order valence-corrected chi connectivity index (χ3v) is 3.26. The summed E-state index contributed by atoms with van der Waals surface area (Å²) in [6.45, 7) is 0.944. The fourth-order valence-electron chi connectivity index (χ4n) is 2.18. The molecule has 0 aliphatic rings. The van der Waals surface area contributed by atoms with E-state index < -0.39 is 0 Å². The molecule has 0 fully saturated rings. The van der Waals surface area contributed by atoms with Crippen LogP contribution in [0.3, 0.4) is 0 Å². The quantitative estimate of drug-likeness (QED) is 0.716. The van der Waals surface area contributed by atoms with E-state index in [4.69, 9.17) is 4.42 Å². The summed E-state index contributed by atoms with van der Waals surface area (Å²) in [5, 5.41) is 8.37. The van der Waals surface area contributed by atoms with Gasteiger partial charge in [0.15, 0.2) is 5.76 Å². The van der Waals surface area contributed by atoms with Crippen LogP contribution in [-0.2, 0) is 20.1 Å². The highest BCUT2D eigenvalue weighted by atomic mass is 16.4. The van der Waals surface area contributed by atoms with Crippen LogP contribution in [0.1, 0.15) is 22.0 Å². The molecule has 0 radical (unpaired) electrons. The van der Waals surface area contributed by atoms with Gasteiger partial charge in [0.25, 0.3) is 5.91 Å². The molecule has 0 unspecified atom stereocenters. The molecule has 0 N–H and O–H groups in total. The molecule has 7 heteroatoms. The lowest BCUT2D eigenvalue weighted by Gasteiger charge is -2.13. The molecule has 114 valence electrons. The molecule has 0 aromatic carbocycles. The second kappa shape index (κ2) is 5.88. The minimum absolute atomic E-state index is 0.169. The van der Waals surface area contributed by atoms with E-state index in [-0.39, 0.29) is 5.91 Å². The minimum Gasteiger partial charge on any atom is -0.454 e. The Balaban J connectivity index is 1.65. The standard InChI is InChI=1S/C15H17N5O2/c1-18(10-12-6-9-19(2)17-12)15(21)14-5-4-13(22-14)11-20-8-3-7-16-20/h3-9H,10-11H2,1-2H3. The lowest BCUT2D eigenvalue weighted by atomic mass is 10.3. The first-order valence-electron chi connectivity index (χ1n) is 6.92. The number of hydrogen-bond acceptors (Lipinski definition) is 4. The maximum absolute atomic E-state index is 12.3. The predicted octanol–water partition coefficient (Wildman–Crippen LogP) is 1.53. The molecule has 0 saturated heterocycles. The molecule has 3 rings (SSSR count). The van der Waals surface area contributed by atoms with Crippen LogP contribution < -0.4 is 0 Å². The van der Waals surface area contributed by atoms with Gasteiger partial charge >= 0.3 is 0 Å². The number of hydrogen-bond donors (Lipinski definition) is 0. The minimum atomic E-state index is -0.169. The molecule has 7 nitrogen and oxygen atoms in total. The summed E-state index contributed by atoms with van der Waals surface area (Å²) < 4.78 is 9.06. The second-order valence-corrected chi connectivity index (χ2v) is 5.11. The Hall–Kier alpha value is -2.83. The first-order valence-corrected chi connectivity index (χ1v) is 6.92. The summed E-state index contributed by atoms with van der Waals surface area (Å²) in [6, 6.07) is 7.21. The number of aryl methyl sites for hydroxylation is 1. The van der Waals surface area contributed by atoms with Gasteiger partial charge in [0.05, 0.1) is 18.8 Å². The number of rotatable bonds is 5. The van der Waals surface area contributed by atoms with E-state index in [0.29, 0.717) is 24.6 Å². The van der Waals surface area contributed by atoms with E-state index in [9.17, 15) is 4.79 Å². The number of carbonyl (C=O) groups excluding carboxylic acids is 1. The fraction of sp³-hybridized carbons (Fsp3) is 0.267. The van der Waals surface area contributed by atoms with Crippen LogP contribution in [0, 0.1) is 0 Å². The smallest absolute Gasteiger partial charge is 0.289 e. The van der Waals surface area contributed by atoms with Crippen molar-refractivity contribution in [2.24, 2.45) is 7.05 Å². The number of carbonyl (C=O) groups is 1. The van der Waals surface area contributed by atoms with Crippen LogP contribution >= 0.6 is 0 Å². The van der Waals surface area contributed by atoms with Crippen molar-refractivity contribution in [3.05, 3.63) is 60.1 Å². The van der Waals surface area contributed by atoms with E-state index in [1.54, 1.807) is 39.6 Å². The molecule has 1 amide bonds. The SMILES string of the molecule is CN(Cc1ccn(C)n1)C(=O)c1ccc(Cn2cccn2)o1. The molecule has 0 spiro atoms. The maximum atomic E-state index is 12.3. The van der Waals surface area contributed by atoms with Gasteiger partial charge in [-0.05, 0) is 24.3 Å². The number of aromatic nitrogens is 4. The first-order chi connectivity index (χ1) is 10.6. The lowest BCUT2D eigenvalue weighted by molar-refractivity contribution is 0.0749. The van der Waals surface area contributed by atoms with Crippen molar-refractivity contribution in [2.45, 2.75) is 13.1 Å². The lowest BCUT2D eigenvalue weighted by Crippen LogP contribution is -2.26. The molecule has 3 aromatic heterocycles.